The highest BCUT2D eigenvalue weighted by atomic mass is 32.3. The van der Waals surface area contributed by atoms with Crippen molar-refractivity contribution in [3.63, 3.8) is 0 Å². The van der Waals surface area contributed by atoms with Gasteiger partial charge in [-0.25, -0.2) is 92.6 Å². The molecule has 0 heterocycles. The lowest BCUT2D eigenvalue weighted by atomic mass is 9.93. The van der Waals surface area contributed by atoms with Crippen LogP contribution < -0.4 is 0 Å². The van der Waals surface area contributed by atoms with Crippen molar-refractivity contribution in [2.45, 2.75) is 161 Å². The number of sulfone groups is 11. The Morgan fingerprint density at radius 1 is 0.146 bits per heavy atom. The predicted molar refractivity (Wildman–Crippen MR) is 516 cm³/mol. The normalized spacial score (nSPS) is 13.2. The fourth-order valence-electron chi connectivity index (χ4n) is 15.1. The molecule has 0 unspecified atom stereocenters. The van der Waals surface area contributed by atoms with Gasteiger partial charge < -0.3 is 0 Å². The third kappa shape index (κ3) is 20.4. The molecule has 0 aliphatic rings. The van der Waals surface area contributed by atoms with Crippen LogP contribution in [0.15, 0.2) is 461 Å². The maximum absolute atomic E-state index is 14.4. The minimum atomic E-state index is -5.60. The van der Waals surface area contributed by atoms with Crippen LogP contribution in [-0.4, -0.2) is 144 Å². The fourth-order valence-corrected chi connectivity index (χ4v) is 33.5. The first kappa shape index (κ1) is 106. The Morgan fingerprint density at radius 2 is 0.285 bits per heavy atom. The van der Waals surface area contributed by atoms with Crippen LogP contribution in [0.4, 0.5) is 0 Å². The van der Waals surface area contributed by atoms with Gasteiger partial charge in [0.2, 0.25) is 108 Å². The molecule has 0 atom stereocenters. The molecular weight excluding hydrogens is 2170 g/mol. The lowest BCUT2D eigenvalue weighted by Crippen LogP contribution is -2.12. The van der Waals surface area contributed by atoms with Gasteiger partial charge >= 0.3 is 0 Å². The maximum atomic E-state index is 14.4. The van der Waals surface area contributed by atoms with Crippen molar-refractivity contribution in [1.29, 1.82) is 0 Å². The third-order valence-corrected chi connectivity index (χ3v) is 46.7. The predicted octanol–water partition coefficient (Wildman–Crippen LogP) is 14.6. The Bertz CT molecular complexity index is 9280. The van der Waals surface area contributed by atoms with E-state index in [4.69, 9.17) is 0 Å². The molecule has 0 saturated heterocycles. The lowest BCUT2D eigenvalue weighted by molar-refractivity contribution is 0.477. The van der Waals surface area contributed by atoms with Gasteiger partial charge in [-0.15, -0.1) is 0 Å². The summed E-state index contributed by atoms with van der Waals surface area (Å²) in [5.41, 5.74) is 3.50. The van der Waals surface area contributed by atoms with Gasteiger partial charge in [0.15, 0.2) is 0 Å². The molecule has 4 N–H and O–H groups in total. The summed E-state index contributed by atoms with van der Waals surface area (Å²) in [6.45, 7) is 6.39. The van der Waals surface area contributed by atoms with E-state index in [-0.39, 0.29) is 46.4 Å². The Hall–Kier alpha value is -12.6. The summed E-state index contributed by atoms with van der Waals surface area (Å²) in [4.78, 5) is -17.1. The van der Waals surface area contributed by atoms with Crippen LogP contribution in [0.5, 0.6) is 0 Å². The smallest absolute Gasteiger partial charge is 0.282 e. The molecule has 0 radical (unpaired) electrons. The van der Waals surface area contributed by atoms with Crippen molar-refractivity contribution in [2.24, 2.45) is 0 Å². The summed E-state index contributed by atoms with van der Waals surface area (Å²) < 4.78 is 447. The highest BCUT2D eigenvalue weighted by Gasteiger charge is 2.37. The Kier molecular flexibility index (Phi) is 27.7. The molecule has 15 aromatic rings. The van der Waals surface area contributed by atoms with Gasteiger partial charge in [-0.05, 0) is 343 Å². The molecule has 34 nitrogen and oxygen atoms in total. The molecule has 0 saturated carbocycles. The van der Waals surface area contributed by atoms with E-state index < -0.39 is 247 Å². The van der Waals surface area contributed by atoms with Crippen LogP contribution >= 0.6 is 0 Å². The summed E-state index contributed by atoms with van der Waals surface area (Å²) in [7, 11) is -72.4. The Morgan fingerprint density at radius 3 is 0.458 bits per heavy atom. The fraction of sp³-hybridized carbons (Fsp3) is 0.0526. The Labute approximate surface area is 829 Å². The quantitative estimate of drug-likeness (QED) is 0.0304. The number of rotatable bonds is 30. The second kappa shape index (κ2) is 37.8. The number of benzene rings is 15. The minimum Gasteiger partial charge on any atom is -0.282 e. The second-order valence-corrected chi connectivity index (χ2v) is 59.4. The maximum Gasteiger partial charge on any atom is 0.295 e. The molecule has 15 rings (SSSR count). The first-order valence-electron chi connectivity index (χ1n) is 41.1. The first-order chi connectivity index (χ1) is 66.8. The molecule has 15 aromatic carbocycles. The highest BCUT2D eigenvalue weighted by molar-refractivity contribution is 7.96. The number of hydrogen-bond donors (Lipinski definition) is 4. The van der Waals surface area contributed by atoms with Gasteiger partial charge in [0.05, 0.1) is 117 Å². The van der Waals surface area contributed by atoms with E-state index in [0.29, 0.717) is 81.9 Å². The topological polar surface area (TPSA) is 593 Å². The summed E-state index contributed by atoms with van der Waals surface area (Å²) >= 11 is 0. The van der Waals surface area contributed by atoms with Crippen molar-refractivity contribution in [3.05, 3.63) is 350 Å². The van der Waals surface area contributed by atoms with E-state index in [1.807, 2.05) is 13.8 Å². The molecule has 0 aromatic heterocycles. The van der Waals surface area contributed by atoms with Crippen molar-refractivity contribution in [3.8, 4) is 33.4 Å². The average Bonchev–Trinajstić information content (AvgIpc) is 0.746. The van der Waals surface area contributed by atoms with Gasteiger partial charge in [0.25, 0.3) is 40.5 Å². The van der Waals surface area contributed by atoms with Gasteiger partial charge in [-0.1, -0.05) is 74.5 Å². The van der Waals surface area contributed by atoms with Crippen molar-refractivity contribution in [1.82, 2.24) is 0 Å². The van der Waals surface area contributed by atoms with Gasteiger partial charge in [0, 0.05) is 0 Å². The molecule has 0 bridgehead atoms. The first-order valence-corrected chi connectivity index (χ1v) is 63.2. The molecule has 49 heteroatoms. The van der Waals surface area contributed by atoms with Crippen molar-refractivity contribution < 1.29 is 144 Å². The van der Waals surface area contributed by atoms with E-state index in [1.54, 1.807) is 42.5 Å². The average molecular weight is 2240 g/mol. The largest absolute Gasteiger partial charge is 0.295 e. The monoisotopic (exact) mass is 2240 g/mol. The standard InChI is InChI=1S/C95H72O34S15/c1-60(2)63-7-17-70(18-8-63)130(96,97)71-19-9-64(10-20-71)67-53-68(65-11-21-72(22-12-65)131(98,99)74-25-29-76(30-26-74)133(102,103)78-33-37-80(38-34-78)135(106,107)82-41-45-84(46-42-82)139(114,115)90-51-49-88(58-94(90)143(124,125)126)137(110,111)86-15-5-61(3)92(56-86)141(118,119)120)55-69(54-67)66-13-23-73(24-14-66)132(100,101)75-27-31-77(32-28-75)134(104,105)79-35-39-81(40-36-79)136(108,109)83-43-47-85(48-44-83)140(116,117)91-52-50-89(59-95(91)144(127,128)129)138(112,113)87-16-6-62(4)93(57-87)142(121,122)123/h5-60H,1-4H3,(H,118,119,120)(H,121,122,123)(H,124,125,126)(H,127,128,129). The van der Waals surface area contributed by atoms with Crippen molar-refractivity contribution in [2.75, 3.05) is 0 Å². The number of hydrogen-bond acceptors (Lipinski definition) is 30. The van der Waals surface area contributed by atoms with Crippen molar-refractivity contribution >= 4 is 149 Å². The molecule has 0 fully saturated rings. The van der Waals surface area contributed by atoms with Crippen LogP contribution in [0.1, 0.15) is 36.5 Å². The zero-order chi connectivity index (χ0) is 105. The van der Waals surface area contributed by atoms with E-state index in [2.05, 4.69) is 0 Å². The SMILES string of the molecule is Cc1ccc(S(=O)(=O)c2ccc(S(=O)(=O)c3ccc(S(=O)(=O)c4ccc(S(=O)(=O)c5ccc(S(=O)(=O)c6ccc(-c7cc(-c8ccc(S(=O)(=O)c9ccc(C(C)C)cc9)cc8)cc(-c8ccc(S(=O)(=O)c9ccc(S(=O)(=O)c%10ccc(S(=O)(=O)c%11ccc(S(=O)(=O)c%12ccc(S(=O)(=O)c%13ccc(C)c(S(=O)(=O)O)c%13)cc%12S(=O)(=O)O)cc%11)cc%10)cc9)cc8)c7)cc6)cc5)cc4)cc3)c(S(=O)(=O)O)c2)cc1S(=O)(=O)O. The van der Waals surface area contributed by atoms with Crippen LogP contribution in [0, 0.1) is 13.8 Å². The van der Waals surface area contributed by atoms with Crippen LogP contribution in [-0.2, 0) is 149 Å². The van der Waals surface area contributed by atoms with E-state index >= 15 is 0 Å². The summed E-state index contributed by atoms with van der Waals surface area (Å²) in [5, 5.41) is 0. The van der Waals surface area contributed by atoms with Crippen LogP contribution in [0.3, 0.4) is 0 Å². The second-order valence-electron chi connectivity index (χ2n) is 32.4. The highest BCUT2D eigenvalue weighted by Crippen LogP contribution is 2.42. The Balaban J connectivity index is 0.638. The molecule has 0 spiro atoms. The zero-order valence-electron chi connectivity index (χ0n) is 74.0. The molecule has 746 valence electrons. The third-order valence-electron chi connectivity index (χ3n) is 23.0. The summed E-state index contributed by atoms with van der Waals surface area (Å²) in [5.74, 6) is 0.118. The molecule has 0 aliphatic carbocycles. The van der Waals surface area contributed by atoms with Gasteiger partial charge in [-0.3, -0.25) is 18.2 Å². The van der Waals surface area contributed by atoms with E-state index in [9.17, 15) is 144 Å². The molecule has 144 heavy (non-hydrogen) atoms. The van der Waals surface area contributed by atoms with E-state index in [0.717, 1.165) is 175 Å². The summed E-state index contributed by atoms with van der Waals surface area (Å²) in [6.07, 6.45) is 0. The summed E-state index contributed by atoms with van der Waals surface area (Å²) in [6, 6.07) is 58.3. The van der Waals surface area contributed by atoms with Gasteiger partial charge in [0.1, 0.15) is 9.79 Å². The molecular formula is C95H72O34S15. The minimum absolute atomic E-state index is 0.0332. The van der Waals surface area contributed by atoms with E-state index in [1.165, 1.54) is 86.6 Å². The molecule has 0 amide bonds. The molecule has 0 aliphatic heterocycles. The zero-order valence-corrected chi connectivity index (χ0v) is 86.2. The van der Waals surface area contributed by atoms with Crippen LogP contribution in [0.2, 0.25) is 0 Å². The van der Waals surface area contributed by atoms with Crippen LogP contribution in [0.25, 0.3) is 33.4 Å². The lowest BCUT2D eigenvalue weighted by Gasteiger charge is -2.13. The van der Waals surface area contributed by atoms with Gasteiger partial charge in [-0.2, -0.15) is 33.7 Å². The number of aryl methyl sites for hydroxylation is 2.